The summed E-state index contributed by atoms with van der Waals surface area (Å²) >= 11 is 6.46. The molecule has 0 aliphatic heterocycles. The van der Waals surface area contributed by atoms with Crippen molar-refractivity contribution in [2.75, 3.05) is 11.8 Å². The van der Waals surface area contributed by atoms with Gasteiger partial charge in [-0.3, -0.25) is 9.71 Å². The van der Waals surface area contributed by atoms with Crippen LogP contribution in [0.4, 0.5) is 5.82 Å². The number of rotatable bonds is 5. The fourth-order valence-corrected chi connectivity index (χ4v) is 4.80. The summed E-state index contributed by atoms with van der Waals surface area (Å²) in [7, 11) is -2.65. The molecule has 31 heavy (non-hydrogen) atoms. The number of pyridine rings is 2. The molecular formula is C21H19ClN4O4S. The maximum Gasteiger partial charge on any atom is 0.265 e. The number of aromatic nitrogens is 3. The van der Waals surface area contributed by atoms with Crippen LogP contribution in [-0.4, -0.2) is 35.6 Å². The molecule has 10 heteroatoms. The van der Waals surface area contributed by atoms with Crippen LogP contribution < -0.4 is 9.46 Å². The van der Waals surface area contributed by atoms with Crippen LogP contribution in [0.1, 0.15) is 11.3 Å². The van der Waals surface area contributed by atoms with E-state index in [9.17, 15) is 13.5 Å². The van der Waals surface area contributed by atoms with Crippen LogP contribution in [-0.2, 0) is 10.0 Å². The van der Waals surface area contributed by atoms with Crippen molar-refractivity contribution in [1.29, 1.82) is 0 Å². The van der Waals surface area contributed by atoms with E-state index in [1.165, 1.54) is 19.4 Å². The zero-order chi connectivity index (χ0) is 22.3. The Morgan fingerprint density at radius 2 is 2.00 bits per heavy atom. The number of nitrogens with zero attached hydrogens (tertiary/aromatic N) is 2. The van der Waals surface area contributed by atoms with Crippen molar-refractivity contribution in [3.8, 4) is 22.8 Å². The zero-order valence-electron chi connectivity index (χ0n) is 16.9. The van der Waals surface area contributed by atoms with Crippen LogP contribution in [0, 0.1) is 13.8 Å². The van der Waals surface area contributed by atoms with E-state index in [4.69, 9.17) is 16.3 Å². The highest BCUT2D eigenvalue weighted by molar-refractivity contribution is 7.93. The van der Waals surface area contributed by atoms with Gasteiger partial charge in [-0.05, 0) is 37.6 Å². The number of halogens is 1. The lowest BCUT2D eigenvalue weighted by Gasteiger charge is -2.11. The summed E-state index contributed by atoms with van der Waals surface area (Å²) in [5, 5.41) is 10.9. The Morgan fingerprint density at radius 1 is 1.23 bits per heavy atom. The van der Waals surface area contributed by atoms with Gasteiger partial charge in [-0.1, -0.05) is 17.7 Å². The Kier molecular flexibility index (Phi) is 5.24. The van der Waals surface area contributed by atoms with Gasteiger partial charge in [0.2, 0.25) is 0 Å². The fourth-order valence-electron chi connectivity index (χ4n) is 3.39. The van der Waals surface area contributed by atoms with Gasteiger partial charge < -0.3 is 14.8 Å². The molecule has 4 aromatic rings. The normalized spacial score (nSPS) is 11.6. The lowest BCUT2D eigenvalue weighted by molar-refractivity contribution is 0.370. The first kappa shape index (κ1) is 21.0. The highest BCUT2D eigenvalue weighted by Gasteiger charge is 2.24. The summed E-state index contributed by atoms with van der Waals surface area (Å²) in [6.07, 6.45) is 3.06. The van der Waals surface area contributed by atoms with Crippen LogP contribution in [0.25, 0.3) is 22.2 Å². The van der Waals surface area contributed by atoms with E-state index < -0.39 is 10.0 Å². The molecule has 0 spiro atoms. The number of aromatic amines is 1. The topological polar surface area (TPSA) is 117 Å². The summed E-state index contributed by atoms with van der Waals surface area (Å²) in [4.78, 5) is 11.6. The molecule has 0 amide bonds. The van der Waals surface area contributed by atoms with Crippen LogP contribution in [0.15, 0.2) is 47.6 Å². The molecule has 3 heterocycles. The number of ether oxygens (including phenoxy) is 1. The average molecular weight is 459 g/mol. The van der Waals surface area contributed by atoms with Crippen molar-refractivity contribution in [1.82, 2.24) is 15.0 Å². The van der Waals surface area contributed by atoms with E-state index in [0.717, 1.165) is 5.56 Å². The van der Waals surface area contributed by atoms with Crippen molar-refractivity contribution in [2.24, 2.45) is 0 Å². The van der Waals surface area contributed by atoms with E-state index in [1.54, 1.807) is 25.3 Å². The van der Waals surface area contributed by atoms with E-state index in [0.29, 0.717) is 27.2 Å². The van der Waals surface area contributed by atoms with Crippen molar-refractivity contribution in [3.05, 3.63) is 59.0 Å². The molecule has 0 unspecified atom stereocenters. The molecule has 8 nitrogen and oxygen atoms in total. The van der Waals surface area contributed by atoms with Gasteiger partial charge in [0.05, 0.1) is 29.0 Å². The Hall–Kier alpha value is -3.30. The third-order valence-electron chi connectivity index (χ3n) is 4.89. The minimum Gasteiger partial charge on any atom is -0.503 e. The second kappa shape index (κ2) is 7.75. The number of sulfonamides is 1. The van der Waals surface area contributed by atoms with Gasteiger partial charge in [-0.15, -0.1) is 0 Å². The molecule has 4 rings (SSSR count). The van der Waals surface area contributed by atoms with Crippen LogP contribution >= 0.6 is 11.6 Å². The van der Waals surface area contributed by atoms with Gasteiger partial charge in [0.25, 0.3) is 10.0 Å². The molecule has 0 aliphatic carbocycles. The van der Waals surface area contributed by atoms with Gasteiger partial charge in [0.15, 0.2) is 11.5 Å². The molecule has 0 fully saturated rings. The van der Waals surface area contributed by atoms with Crippen molar-refractivity contribution < 1.29 is 18.3 Å². The molecule has 3 N–H and O–H groups in total. The van der Waals surface area contributed by atoms with E-state index in [2.05, 4.69) is 19.7 Å². The van der Waals surface area contributed by atoms with Gasteiger partial charge in [0.1, 0.15) is 10.7 Å². The SMILES string of the molecule is COc1cc(NS(=O)(=O)c2c[nH]c3c(-c4ncccc4C)c(Cl)ccc23)nc(C)c1O. The number of benzene rings is 1. The molecular weight excluding hydrogens is 440 g/mol. The first-order valence-corrected chi connectivity index (χ1v) is 11.1. The molecule has 160 valence electrons. The summed E-state index contributed by atoms with van der Waals surface area (Å²) in [6, 6.07) is 8.33. The number of aromatic hydroxyl groups is 1. The fraction of sp³-hybridized carbons (Fsp3) is 0.143. The number of H-pyrrole nitrogens is 1. The maximum atomic E-state index is 13.1. The third kappa shape index (κ3) is 3.66. The number of hydrogen-bond acceptors (Lipinski definition) is 6. The van der Waals surface area contributed by atoms with Gasteiger partial charge in [-0.25, -0.2) is 13.4 Å². The van der Waals surface area contributed by atoms with Crippen LogP contribution in [0.5, 0.6) is 11.5 Å². The van der Waals surface area contributed by atoms with E-state index >= 15 is 0 Å². The smallest absolute Gasteiger partial charge is 0.265 e. The Bertz CT molecular complexity index is 1420. The number of anilines is 1. The van der Waals surface area contributed by atoms with Gasteiger partial charge >= 0.3 is 0 Å². The van der Waals surface area contributed by atoms with Gasteiger partial charge in [0, 0.05) is 29.4 Å². The highest BCUT2D eigenvalue weighted by Crippen LogP contribution is 2.38. The molecule has 0 bridgehead atoms. The molecule has 0 saturated heterocycles. The highest BCUT2D eigenvalue weighted by atomic mass is 35.5. The molecule has 0 atom stereocenters. The number of nitrogens with one attached hydrogen (secondary N) is 2. The summed E-state index contributed by atoms with van der Waals surface area (Å²) in [6.45, 7) is 3.46. The third-order valence-corrected chi connectivity index (χ3v) is 6.60. The minimum atomic E-state index is -4.02. The second-order valence-corrected chi connectivity index (χ2v) is 8.97. The van der Waals surface area contributed by atoms with Crippen LogP contribution in [0.3, 0.4) is 0 Å². The Labute approximate surface area is 183 Å². The van der Waals surface area contributed by atoms with Crippen molar-refractivity contribution in [2.45, 2.75) is 18.7 Å². The number of aryl methyl sites for hydroxylation is 2. The maximum absolute atomic E-state index is 13.1. The molecule has 0 aliphatic rings. The Balaban J connectivity index is 1.83. The molecule has 3 aromatic heterocycles. The quantitative estimate of drug-likeness (QED) is 0.407. The average Bonchev–Trinajstić information content (AvgIpc) is 3.16. The summed E-state index contributed by atoms with van der Waals surface area (Å²) in [5.41, 5.74) is 2.99. The van der Waals surface area contributed by atoms with Gasteiger partial charge in [-0.2, -0.15) is 0 Å². The first-order valence-electron chi connectivity index (χ1n) is 9.22. The second-order valence-electron chi connectivity index (χ2n) is 6.92. The monoisotopic (exact) mass is 458 g/mol. The van der Waals surface area contributed by atoms with Crippen molar-refractivity contribution >= 4 is 38.3 Å². The molecule has 1 aromatic carbocycles. The van der Waals surface area contributed by atoms with Crippen LogP contribution in [0.2, 0.25) is 5.02 Å². The largest absolute Gasteiger partial charge is 0.503 e. The lowest BCUT2D eigenvalue weighted by atomic mass is 10.0. The summed E-state index contributed by atoms with van der Waals surface area (Å²) < 4.78 is 33.8. The standard InChI is InChI=1S/C21H19ClN4O4S/c1-11-5-4-8-23-19(11)18-14(22)7-6-13-16(10-24-20(13)18)31(28,29)26-17-9-15(30-3)21(27)12(2)25-17/h4-10,24,27H,1-3H3,(H,25,26). The summed E-state index contributed by atoms with van der Waals surface area (Å²) in [5.74, 6) is -0.0114. The van der Waals surface area contributed by atoms with E-state index in [-0.39, 0.29) is 27.9 Å². The Morgan fingerprint density at radius 3 is 2.71 bits per heavy atom. The number of fused-ring (bicyclic) bond motifs is 1. The van der Waals surface area contributed by atoms with E-state index in [1.807, 2.05) is 19.1 Å². The number of methoxy groups -OCH3 is 1. The predicted molar refractivity (Wildman–Crippen MR) is 119 cm³/mol. The zero-order valence-corrected chi connectivity index (χ0v) is 18.5. The number of hydrogen-bond donors (Lipinski definition) is 3. The lowest BCUT2D eigenvalue weighted by Crippen LogP contribution is -2.14. The molecule has 0 saturated carbocycles. The minimum absolute atomic E-state index is 0.0243. The first-order chi connectivity index (χ1) is 14.7. The predicted octanol–water partition coefficient (Wildman–Crippen LogP) is 4.41. The van der Waals surface area contributed by atoms with Crippen molar-refractivity contribution in [3.63, 3.8) is 0 Å². The molecule has 0 radical (unpaired) electrons.